The number of halogens is 1. The van der Waals surface area contributed by atoms with Crippen LogP contribution in [0.1, 0.15) is 43.1 Å². The van der Waals surface area contributed by atoms with Crippen LogP contribution in [-0.4, -0.2) is 35.4 Å². The van der Waals surface area contributed by atoms with E-state index < -0.39 is 22.1 Å². The van der Waals surface area contributed by atoms with E-state index in [1.807, 2.05) is 0 Å². The van der Waals surface area contributed by atoms with Gasteiger partial charge in [-0.2, -0.15) is 17.4 Å². The third kappa shape index (κ3) is 4.08. The van der Waals surface area contributed by atoms with Crippen LogP contribution in [0, 0.1) is 5.82 Å². The predicted molar refractivity (Wildman–Crippen MR) is 93.5 cm³/mol. The Bertz CT molecular complexity index is 814. The van der Waals surface area contributed by atoms with E-state index >= 15 is 0 Å². The van der Waals surface area contributed by atoms with Gasteiger partial charge in [-0.15, -0.1) is 0 Å². The SMILES string of the molecule is Cn1ccnc1[C@H](NS(=O)(=O)N1CCCCCC1)c1ccccc1F. The van der Waals surface area contributed by atoms with Crippen LogP contribution in [0.5, 0.6) is 0 Å². The summed E-state index contributed by atoms with van der Waals surface area (Å²) in [5.74, 6) is -0.0161. The minimum atomic E-state index is -3.75. The maximum Gasteiger partial charge on any atom is 0.280 e. The summed E-state index contributed by atoms with van der Waals surface area (Å²) in [6.07, 6.45) is 7.03. The quantitative estimate of drug-likeness (QED) is 0.883. The fraction of sp³-hybridized carbons (Fsp3) is 0.471. The molecule has 1 aliphatic heterocycles. The number of aromatic nitrogens is 2. The Balaban J connectivity index is 1.95. The summed E-state index contributed by atoms with van der Waals surface area (Å²) >= 11 is 0. The fourth-order valence-corrected chi connectivity index (χ4v) is 4.54. The lowest BCUT2D eigenvalue weighted by Crippen LogP contribution is -2.43. The zero-order chi connectivity index (χ0) is 17.9. The Kier molecular flexibility index (Phi) is 5.51. The van der Waals surface area contributed by atoms with Crippen molar-refractivity contribution in [2.45, 2.75) is 31.7 Å². The average molecular weight is 366 g/mol. The number of benzene rings is 1. The first-order chi connectivity index (χ1) is 12.0. The predicted octanol–water partition coefficient (Wildman–Crippen LogP) is 2.36. The van der Waals surface area contributed by atoms with Crippen LogP contribution in [-0.2, 0) is 17.3 Å². The van der Waals surface area contributed by atoms with Crippen molar-refractivity contribution in [2.75, 3.05) is 13.1 Å². The van der Waals surface area contributed by atoms with Crippen LogP contribution in [0.4, 0.5) is 4.39 Å². The number of aryl methyl sites for hydroxylation is 1. The van der Waals surface area contributed by atoms with E-state index in [0.29, 0.717) is 18.9 Å². The van der Waals surface area contributed by atoms with Gasteiger partial charge < -0.3 is 4.57 Å². The third-order valence-electron chi connectivity index (χ3n) is 4.50. The second-order valence-electron chi connectivity index (χ2n) is 6.29. The van der Waals surface area contributed by atoms with Crippen molar-refractivity contribution < 1.29 is 12.8 Å². The maximum atomic E-state index is 14.4. The lowest BCUT2D eigenvalue weighted by molar-refractivity contribution is 0.408. The monoisotopic (exact) mass is 366 g/mol. The number of nitrogens with zero attached hydrogens (tertiary/aromatic N) is 3. The Labute approximate surface area is 147 Å². The van der Waals surface area contributed by atoms with Gasteiger partial charge in [0.05, 0.1) is 0 Å². The van der Waals surface area contributed by atoms with E-state index in [1.165, 1.54) is 10.4 Å². The highest BCUT2D eigenvalue weighted by molar-refractivity contribution is 7.87. The van der Waals surface area contributed by atoms with Crippen molar-refractivity contribution >= 4 is 10.2 Å². The molecule has 0 amide bonds. The molecule has 2 heterocycles. The molecule has 1 N–H and O–H groups in total. The van der Waals surface area contributed by atoms with Crippen LogP contribution in [0.2, 0.25) is 0 Å². The summed E-state index contributed by atoms with van der Waals surface area (Å²) < 4.78 is 46.0. The molecule has 0 aliphatic carbocycles. The van der Waals surface area contributed by atoms with Gasteiger partial charge in [0.2, 0.25) is 0 Å². The average Bonchev–Trinajstić information content (AvgIpc) is 2.84. The standard InChI is InChI=1S/C17H23FN4O2S/c1-21-13-10-19-17(21)16(14-8-4-5-9-15(14)18)20-25(23,24)22-11-6-2-3-7-12-22/h4-5,8-10,13,16,20H,2-3,6-7,11-12H2,1H3/t16-/m1/s1. The summed E-state index contributed by atoms with van der Waals surface area (Å²) in [6.45, 7) is 0.972. The normalized spacial score (nSPS) is 18.0. The lowest BCUT2D eigenvalue weighted by atomic mass is 10.1. The Morgan fingerprint density at radius 3 is 2.44 bits per heavy atom. The molecule has 25 heavy (non-hydrogen) atoms. The van der Waals surface area contributed by atoms with Gasteiger partial charge in [0.25, 0.3) is 10.2 Å². The summed E-state index contributed by atoms with van der Waals surface area (Å²) in [5.41, 5.74) is 0.259. The van der Waals surface area contributed by atoms with Crippen molar-refractivity contribution in [2.24, 2.45) is 7.05 Å². The molecule has 1 aromatic carbocycles. The lowest BCUT2D eigenvalue weighted by Gasteiger charge is -2.25. The molecule has 1 fully saturated rings. The second-order valence-corrected chi connectivity index (χ2v) is 7.99. The van der Waals surface area contributed by atoms with Gasteiger partial charge in [-0.1, -0.05) is 31.0 Å². The first kappa shape index (κ1) is 18.0. The van der Waals surface area contributed by atoms with Crippen molar-refractivity contribution in [3.05, 3.63) is 53.9 Å². The maximum absolute atomic E-state index is 14.4. The number of rotatable bonds is 5. The second kappa shape index (κ2) is 7.63. The van der Waals surface area contributed by atoms with Crippen molar-refractivity contribution in [3.8, 4) is 0 Å². The van der Waals surface area contributed by atoms with Crippen LogP contribution in [0.25, 0.3) is 0 Å². The van der Waals surface area contributed by atoms with Crippen LogP contribution < -0.4 is 4.72 Å². The molecule has 1 aromatic heterocycles. The molecular weight excluding hydrogens is 343 g/mol. The fourth-order valence-electron chi connectivity index (χ4n) is 3.13. The molecule has 0 unspecified atom stereocenters. The van der Waals surface area contributed by atoms with Crippen molar-refractivity contribution in [1.29, 1.82) is 0 Å². The van der Waals surface area contributed by atoms with Gasteiger partial charge in [-0.3, -0.25) is 0 Å². The molecular formula is C17H23FN4O2S. The minimum Gasteiger partial charge on any atom is -0.336 e. The Morgan fingerprint density at radius 2 is 1.84 bits per heavy atom. The first-order valence-electron chi connectivity index (χ1n) is 8.48. The number of imidazole rings is 1. The van der Waals surface area contributed by atoms with E-state index in [-0.39, 0.29) is 5.56 Å². The molecule has 6 nitrogen and oxygen atoms in total. The van der Waals surface area contributed by atoms with Gasteiger partial charge >= 0.3 is 0 Å². The number of nitrogens with one attached hydrogen (secondary N) is 1. The Morgan fingerprint density at radius 1 is 1.16 bits per heavy atom. The largest absolute Gasteiger partial charge is 0.336 e. The molecule has 1 aliphatic rings. The van der Waals surface area contributed by atoms with E-state index in [0.717, 1.165) is 25.7 Å². The molecule has 1 atom stereocenters. The summed E-state index contributed by atoms with van der Waals surface area (Å²) in [4.78, 5) is 4.23. The molecule has 136 valence electrons. The van der Waals surface area contributed by atoms with Crippen LogP contribution in [0.3, 0.4) is 0 Å². The highest BCUT2D eigenvalue weighted by Gasteiger charge is 2.30. The molecule has 0 radical (unpaired) electrons. The smallest absolute Gasteiger partial charge is 0.280 e. The molecule has 0 bridgehead atoms. The Hall–Kier alpha value is -1.77. The van der Waals surface area contributed by atoms with E-state index in [2.05, 4.69) is 9.71 Å². The topological polar surface area (TPSA) is 67.2 Å². The van der Waals surface area contributed by atoms with Crippen molar-refractivity contribution in [1.82, 2.24) is 18.6 Å². The zero-order valence-electron chi connectivity index (χ0n) is 14.2. The van der Waals surface area contributed by atoms with Crippen LogP contribution in [0.15, 0.2) is 36.7 Å². The molecule has 1 saturated heterocycles. The first-order valence-corrected chi connectivity index (χ1v) is 9.92. The van der Waals surface area contributed by atoms with Gasteiger partial charge in [0.1, 0.15) is 17.7 Å². The summed E-state index contributed by atoms with van der Waals surface area (Å²) in [7, 11) is -1.99. The van der Waals surface area contributed by atoms with E-state index in [1.54, 1.807) is 42.2 Å². The molecule has 0 saturated carbocycles. The molecule has 0 spiro atoms. The number of hydrogen-bond acceptors (Lipinski definition) is 3. The van der Waals surface area contributed by atoms with Crippen molar-refractivity contribution in [3.63, 3.8) is 0 Å². The minimum absolute atomic E-state index is 0.259. The summed E-state index contributed by atoms with van der Waals surface area (Å²) in [5, 5.41) is 0. The third-order valence-corrected chi connectivity index (χ3v) is 6.08. The summed E-state index contributed by atoms with van der Waals surface area (Å²) in [6, 6.07) is 5.30. The molecule has 3 rings (SSSR count). The van der Waals surface area contributed by atoms with Gasteiger partial charge in [0.15, 0.2) is 0 Å². The highest BCUT2D eigenvalue weighted by Crippen LogP contribution is 2.25. The zero-order valence-corrected chi connectivity index (χ0v) is 15.0. The van der Waals surface area contributed by atoms with Gasteiger partial charge in [-0.25, -0.2) is 9.37 Å². The van der Waals surface area contributed by atoms with Gasteiger partial charge in [-0.05, 0) is 18.9 Å². The van der Waals surface area contributed by atoms with E-state index in [4.69, 9.17) is 0 Å². The van der Waals surface area contributed by atoms with E-state index in [9.17, 15) is 12.8 Å². The molecule has 8 heteroatoms. The van der Waals surface area contributed by atoms with Crippen LogP contribution >= 0.6 is 0 Å². The molecule has 2 aromatic rings. The number of hydrogen-bond donors (Lipinski definition) is 1. The van der Waals surface area contributed by atoms with Gasteiger partial charge in [0, 0.05) is 38.1 Å². The highest BCUT2D eigenvalue weighted by atomic mass is 32.2.